The van der Waals surface area contributed by atoms with E-state index in [2.05, 4.69) is 5.32 Å². The highest BCUT2D eigenvalue weighted by molar-refractivity contribution is 7.92. The Morgan fingerprint density at radius 3 is 2.44 bits per heavy atom. The third kappa shape index (κ3) is 2.83. The molecule has 1 atom stereocenters. The summed E-state index contributed by atoms with van der Waals surface area (Å²) in [4.78, 5) is 12.0. The van der Waals surface area contributed by atoms with Crippen molar-refractivity contribution in [1.82, 2.24) is 5.32 Å². The van der Waals surface area contributed by atoms with Gasteiger partial charge in [-0.3, -0.25) is 4.79 Å². The Kier molecular flexibility index (Phi) is 4.74. The van der Waals surface area contributed by atoms with Crippen LogP contribution in [0.5, 0.6) is 0 Å². The molecule has 1 unspecified atom stereocenters. The molecule has 18 heavy (non-hydrogen) atoms. The van der Waals surface area contributed by atoms with Crippen LogP contribution in [0, 0.1) is 16.7 Å². The minimum atomic E-state index is -3.05. The van der Waals surface area contributed by atoms with Gasteiger partial charge in [0.25, 0.3) is 0 Å². The summed E-state index contributed by atoms with van der Waals surface area (Å²) >= 11 is 0. The third-order valence-corrected chi connectivity index (χ3v) is 6.08. The molecule has 1 fully saturated rings. The zero-order chi connectivity index (χ0) is 13.8. The Hall–Kier alpha value is -1.09. The lowest BCUT2D eigenvalue weighted by atomic mass is 9.83. The normalized spacial score (nSPS) is 22.4. The number of hydrogen-bond donors (Lipinski definition) is 1. The number of nitrogens with zero attached hydrogens (tertiary/aromatic N) is 1. The summed E-state index contributed by atoms with van der Waals surface area (Å²) in [6.07, 6.45) is 2.13. The largest absolute Gasteiger partial charge is 0.353 e. The number of hydrogen-bond acceptors (Lipinski definition) is 4. The van der Waals surface area contributed by atoms with Gasteiger partial charge in [0.2, 0.25) is 5.91 Å². The Balaban J connectivity index is 2.64. The van der Waals surface area contributed by atoms with Crippen molar-refractivity contribution in [2.45, 2.75) is 44.8 Å². The molecule has 1 amide bonds. The Labute approximate surface area is 108 Å². The topological polar surface area (TPSA) is 87.0 Å². The van der Waals surface area contributed by atoms with E-state index >= 15 is 0 Å². The number of sulfone groups is 1. The molecule has 5 nitrogen and oxygen atoms in total. The SMILES string of the molecule is CCC(C#N)(CC)C(=O)NCC1CCCS1(=O)=O. The van der Waals surface area contributed by atoms with Crippen LogP contribution in [-0.4, -0.2) is 31.9 Å². The molecule has 1 aliphatic heterocycles. The van der Waals surface area contributed by atoms with Crippen molar-refractivity contribution in [3.05, 3.63) is 0 Å². The molecule has 0 saturated carbocycles. The van der Waals surface area contributed by atoms with E-state index in [1.54, 1.807) is 13.8 Å². The van der Waals surface area contributed by atoms with E-state index in [1.807, 2.05) is 6.07 Å². The van der Waals surface area contributed by atoms with Crippen LogP contribution in [0.25, 0.3) is 0 Å². The summed E-state index contributed by atoms with van der Waals surface area (Å²) < 4.78 is 23.2. The fraction of sp³-hybridized carbons (Fsp3) is 0.833. The second kappa shape index (κ2) is 5.70. The smallest absolute Gasteiger partial charge is 0.240 e. The van der Waals surface area contributed by atoms with Gasteiger partial charge in [-0.05, 0) is 25.7 Å². The van der Waals surface area contributed by atoms with E-state index < -0.39 is 20.5 Å². The summed E-state index contributed by atoms with van der Waals surface area (Å²) in [5.74, 6) is -0.143. The van der Waals surface area contributed by atoms with Crippen molar-refractivity contribution in [3.8, 4) is 6.07 Å². The predicted molar refractivity (Wildman–Crippen MR) is 68.4 cm³/mol. The number of carbonyl (C=O) groups excluding carboxylic acids is 1. The molecule has 1 heterocycles. The van der Waals surface area contributed by atoms with Gasteiger partial charge >= 0.3 is 0 Å². The Morgan fingerprint density at radius 1 is 1.44 bits per heavy atom. The predicted octanol–water partition coefficient (Wildman–Crippen LogP) is 1.01. The quantitative estimate of drug-likeness (QED) is 0.809. The second-order valence-electron chi connectivity index (χ2n) is 4.74. The van der Waals surface area contributed by atoms with Gasteiger partial charge in [0, 0.05) is 6.54 Å². The summed E-state index contributed by atoms with van der Waals surface area (Å²) in [7, 11) is -3.05. The van der Waals surface area contributed by atoms with Gasteiger partial charge in [-0.1, -0.05) is 13.8 Å². The van der Waals surface area contributed by atoms with Gasteiger partial charge in [0.15, 0.2) is 9.84 Å². The molecular weight excluding hydrogens is 252 g/mol. The standard InChI is InChI=1S/C12H20N2O3S/c1-3-12(4-2,9-13)11(15)14-8-10-6-5-7-18(10,16)17/h10H,3-8H2,1-2H3,(H,14,15). The van der Waals surface area contributed by atoms with Crippen LogP contribution in [0.15, 0.2) is 0 Å². The average Bonchev–Trinajstić information content (AvgIpc) is 2.68. The molecule has 1 rings (SSSR count). The van der Waals surface area contributed by atoms with Crippen LogP contribution >= 0.6 is 0 Å². The van der Waals surface area contributed by atoms with E-state index in [0.29, 0.717) is 25.7 Å². The van der Waals surface area contributed by atoms with Crippen LogP contribution in [0.1, 0.15) is 39.5 Å². The molecule has 1 saturated heterocycles. The van der Waals surface area contributed by atoms with Gasteiger partial charge in [0.1, 0.15) is 5.41 Å². The molecule has 6 heteroatoms. The maximum atomic E-state index is 12.0. The number of carbonyl (C=O) groups is 1. The Bertz CT molecular complexity index is 446. The zero-order valence-corrected chi connectivity index (χ0v) is 11.7. The third-order valence-electron chi connectivity index (χ3n) is 3.81. The molecule has 0 radical (unpaired) electrons. The van der Waals surface area contributed by atoms with Crippen molar-refractivity contribution in [3.63, 3.8) is 0 Å². The molecule has 102 valence electrons. The first kappa shape index (κ1) is 15.0. The number of nitriles is 1. The maximum Gasteiger partial charge on any atom is 0.240 e. The average molecular weight is 272 g/mol. The minimum absolute atomic E-state index is 0.130. The van der Waals surface area contributed by atoms with Crippen LogP contribution in [0.2, 0.25) is 0 Å². The van der Waals surface area contributed by atoms with Crippen LogP contribution in [0.4, 0.5) is 0 Å². The van der Waals surface area contributed by atoms with Crippen molar-refractivity contribution < 1.29 is 13.2 Å². The van der Waals surface area contributed by atoms with Gasteiger partial charge in [-0.15, -0.1) is 0 Å². The van der Waals surface area contributed by atoms with Gasteiger partial charge in [0.05, 0.1) is 17.1 Å². The number of nitrogens with one attached hydrogen (secondary N) is 1. The summed E-state index contributed by atoms with van der Waals surface area (Å²) in [5.41, 5.74) is -1.03. The van der Waals surface area contributed by atoms with Gasteiger partial charge in [-0.2, -0.15) is 5.26 Å². The molecule has 1 aliphatic rings. The summed E-state index contributed by atoms with van der Waals surface area (Å²) in [6, 6.07) is 2.05. The summed E-state index contributed by atoms with van der Waals surface area (Å²) in [6.45, 7) is 3.71. The molecule has 0 bridgehead atoms. The second-order valence-corrected chi connectivity index (χ2v) is 7.14. The van der Waals surface area contributed by atoms with E-state index in [-0.39, 0.29) is 18.2 Å². The minimum Gasteiger partial charge on any atom is -0.353 e. The van der Waals surface area contributed by atoms with E-state index in [9.17, 15) is 13.2 Å². The summed E-state index contributed by atoms with van der Waals surface area (Å²) in [5, 5.41) is 11.3. The molecule has 0 aromatic carbocycles. The highest BCUT2D eigenvalue weighted by Crippen LogP contribution is 2.26. The lowest BCUT2D eigenvalue weighted by molar-refractivity contribution is -0.128. The molecule has 0 spiro atoms. The van der Waals surface area contributed by atoms with Crippen molar-refractivity contribution in [2.75, 3.05) is 12.3 Å². The van der Waals surface area contributed by atoms with Crippen molar-refractivity contribution >= 4 is 15.7 Å². The highest BCUT2D eigenvalue weighted by atomic mass is 32.2. The van der Waals surface area contributed by atoms with E-state index in [4.69, 9.17) is 5.26 Å². The fourth-order valence-electron chi connectivity index (χ4n) is 2.24. The molecule has 1 N–H and O–H groups in total. The first-order chi connectivity index (χ1) is 8.41. The monoisotopic (exact) mass is 272 g/mol. The maximum absolute atomic E-state index is 12.0. The van der Waals surface area contributed by atoms with Crippen molar-refractivity contribution in [1.29, 1.82) is 5.26 Å². The molecular formula is C12H20N2O3S. The number of amides is 1. The molecule has 0 aliphatic carbocycles. The molecule has 0 aromatic heterocycles. The first-order valence-electron chi connectivity index (χ1n) is 6.33. The first-order valence-corrected chi connectivity index (χ1v) is 8.04. The van der Waals surface area contributed by atoms with Gasteiger partial charge < -0.3 is 5.32 Å². The highest BCUT2D eigenvalue weighted by Gasteiger charge is 2.37. The molecule has 0 aromatic rings. The zero-order valence-electron chi connectivity index (χ0n) is 10.9. The van der Waals surface area contributed by atoms with Crippen LogP contribution in [0.3, 0.4) is 0 Å². The van der Waals surface area contributed by atoms with E-state index in [1.165, 1.54) is 0 Å². The number of rotatable bonds is 5. The Morgan fingerprint density at radius 2 is 2.06 bits per heavy atom. The fourth-order valence-corrected chi connectivity index (χ4v) is 4.01. The van der Waals surface area contributed by atoms with E-state index in [0.717, 1.165) is 0 Å². The van der Waals surface area contributed by atoms with Gasteiger partial charge in [-0.25, -0.2) is 8.42 Å². The van der Waals surface area contributed by atoms with Crippen molar-refractivity contribution in [2.24, 2.45) is 5.41 Å². The lowest BCUT2D eigenvalue weighted by Crippen LogP contribution is -2.43. The van der Waals surface area contributed by atoms with Crippen LogP contribution < -0.4 is 5.32 Å². The lowest BCUT2D eigenvalue weighted by Gasteiger charge is -2.23. The van der Waals surface area contributed by atoms with Crippen LogP contribution in [-0.2, 0) is 14.6 Å².